The van der Waals surface area contributed by atoms with E-state index in [0.717, 1.165) is 0 Å². The van der Waals surface area contributed by atoms with Crippen molar-refractivity contribution in [2.24, 2.45) is 5.73 Å². The Morgan fingerprint density at radius 2 is 1.88 bits per heavy atom. The van der Waals surface area contributed by atoms with Gasteiger partial charge in [-0.2, -0.15) is 0 Å². The average Bonchev–Trinajstić information content (AvgIpc) is 2.36. The molecule has 0 fully saturated rings. The van der Waals surface area contributed by atoms with Gasteiger partial charge in [-0.05, 0) is 6.92 Å². The molecule has 4 nitrogen and oxygen atoms in total. The minimum absolute atomic E-state index is 0.0128. The van der Waals surface area contributed by atoms with Crippen LogP contribution >= 0.6 is 0 Å². The molecular weight excluding hydrogens is 216 g/mol. The highest BCUT2D eigenvalue weighted by Gasteiger charge is 2.10. The summed E-state index contributed by atoms with van der Waals surface area (Å²) in [5.74, 6) is -0.145. The van der Waals surface area contributed by atoms with Gasteiger partial charge in [0.05, 0.1) is 0 Å². The molecule has 0 aliphatic heterocycles. The molecule has 0 unspecified atom stereocenters. The molecule has 0 spiro atoms. The second-order valence-electron chi connectivity index (χ2n) is 3.99. The molecule has 0 saturated carbocycles. The molecule has 1 aromatic carbocycles. The third-order valence-corrected chi connectivity index (χ3v) is 2.44. The van der Waals surface area contributed by atoms with Crippen molar-refractivity contribution in [2.75, 3.05) is 6.54 Å². The molecule has 0 bridgehead atoms. The van der Waals surface area contributed by atoms with E-state index in [1.54, 1.807) is 12.1 Å². The van der Waals surface area contributed by atoms with E-state index in [1.165, 1.54) is 0 Å². The number of rotatable bonds is 6. The highest BCUT2D eigenvalue weighted by molar-refractivity contribution is 5.97. The molecule has 4 heteroatoms. The maximum atomic E-state index is 11.7. The number of benzene rings is 1. The van der Waals surface area contributed by atoms with Crippen LogP contribution in [0.1, 0.15) is 30.1 Å². The number of Topliss-reactive ketones (excluding diaryl/α,β-unsaturated/α-hetero) is 1. The maximum Gasteiger partial charge on any atom is 0.220 e. The third kappa shape index (κ3) is 4.78. The van der Waals surface area contributed by atoms with Gasteiger partial charge in [-0.15, -0.1) is 0 Å². The van der Waals surface area contributed by atoms with Crippen molar-refractivity contribution in [3.63, 3.8) is 0 Å². The SMILES string of the molecule is C[C@@H](CN)NC(=O)CCC(=O)c1ccccc1. The van der Waals surface area contributed by atoms with Gasteiger partial charge in [-0.25, -0.2) is 0 Å². The predicted molar refractivity (Wildman–Crippen MR) is 66.7 cm³/mol. The molecule has 0 aliphatic rings. The van der Waals surface area contributed by atoms with Gasteiger partial charge in [0.25, 0.3) is 0 Å². The molecule has 1 aromatic rings. The zero-order valence-corrected chi connectivity index (χ0v) is 9.98. The molecule has 92 valence electrons. The zero-order valence-electron chi connectivity index (χ0n) is 9.98. The fraction of sp³-hybridized carbons (Fsp3) is 0.385. The molecule has 0 aromatic heterocycles. The Balaban J connectivity index is 2.36. The number of carbonyl (C=O) groups excluding carboxylic acids is 2. The normalized spacial score (nSPS) is 11.9. The van der Waals surface area contributed by atoms with Gasteiger partial charge < -0.3 is 11.1 Å². The minimum Gasteiger partial charge on any atom is -0.352 e. The van der Waals surface area contributed by atoms with Gasteiger partial charge in [0, 0.05) is 31.0 Å². The van der Waals surface area contributed by atoms with Crippen LogP contribution in [0.5, 0.6) is 0 Å². The number of ketones is 1. The van der Waals surface area contributed by atoms with Crippen molar-refractivity contribution >= 4 is 11.7 Å². The number of hydrogen-bond donors (Lipinski definition) is 2. The molecule has 17 heavy (non-hydrogen) atoms. The second kappa shape index (κ2) is 6.81. The number of carbonyl (C=O) groups is 2. The predicted octanol–water partition coefficient (Wildman–Crippen LogP) is 1.11. The summed E-state index contributed by atoms with van der Waals surface area (Å²) < 4.78 is 0. The molecule has 0 saturated heterocycles. The maximum absolute atomic E-state index is 11.7. The summed E-state index contributed by atoms with van der Waals surface area (Å²) in [5.41, 5.74) is 6.03. The minimum atomic E-state index is -0.132. The molecule has 1 atom stereocenters. The lowest BCUT2D eigenvalue weighted by Gasteiger charge is -2.10. The molecular formula is C13H18N2O2. The van der Waals surface area contributed by atoms with E-state index in [0.29, 0.717) is 12.1 Å². The van der Waals surface area contributed by atoms with Crippen LogP contribution in [0, 0.1) is 0 Å². The van der Waals surface area contributed by atoms with Gasteiger partial charge >= 0.3 is 0 Å². The number of amides is 1. The summed E-state index contributed by atoms with van der Waals surface area (Å²) in [4.78, 5) is 23.1. The Hall–Kier alpha value is -1.68. The summed E-state index contributed by atoms with van der Waals surface area (Å²) >= 11 is 0. The van der Waals surface area contributed by atoms with Crippen molar-refractivity contribution < 1.29 is 9.59 Å². The highest BCUT2D eigenvalue weighted by Crippen LogP contribution is 2.04. The van der Waals surface area contributed by atoms with Crippen molar-refractivity contribution in [1.29, 1.82) is 0 Å². The topological polar surface area (TPSA) is 72.2 Å². The molecule has 1 rings (SSSR count). The molecule has 0 aliphatic carbocycles. The van der Waals surface area contributed by atoms with Crippen LogP contribution in [0.2, 0.25) is 0 Å². The third-order valence-electron chi connectivity index (χ3n) is 2.44. The number of hydrogen-bond acceptors (Lipinski definition) is 3. The van der Waals surface area contributed by atoms with Crippen LogP contribution in [0.3, 0.4) is 0 Å². The van der Waals surface area contributed by atoms with Gasteiger partial charge in [-0.3, -0.25) is 9.59 Å². The first-order chi connectivity index (χ1) is 8.13. The standard InChI is InChI=1S/C13H18N2O2/c1-10(9-14)15-13(17)8-7-12(16)11-5-3-2-4-6-11/h2-6,10H,7-9,14H2,1H3,(H,15,17)/t10-/m0/s1. The average molecular weight is 234 g/mol. The van der Waals surface area contributed by atoms with Crippen molar-refractivity contribution in [2.45, 2.75) is 25.8 Å². The summed E-state index contributed by atoms with van der Waals surface area (Å²) in [7, 11) is 0. The Bertz CT molecular complexity index is 376. The van der Waals surface area contributed by atoms with Crippen molar-refractivity contribution in [1.82, 2.24) is 5.32 Å². The molecule has 3 N–H and O–H groups in total. The molecule has 0 radical (unpaired) electrons. The summed E-state index contributed by atoms with van der Waals surface area (Å²) in [6.07, 6.45) is 0.436. The first-order valence-electron chi connectivity index (χ1n) is 5.71. The van der Waals surface area contributed by atoms with E-state index in [4.69, 9.17) is 5.73 Å². The van der Waals surface area contributed by atoms with Gasteiger partial charge in [0.15, 0.2) is 5.78 Å². The number of nitrogens with one attached hydrogen (secondary N) is 1. The quantitative estimate of drug-likeness (QED) is 0.724. The summed E-state index contributed by atoms with van der Waals surface area (Å²) in [5, 5.41) is 2.72. The monoisotopic (exact) mass is 234 g/mol. The second-order valence-corrected chi connectivity index (χ2v) is 3.99. The number of nitrogens with two attached hydrogens (primary N) is 1. The van der Waals surface area contributed by atoms with Crippen LogP contribution in [-0.2, 0) is 4.79 Å². The van der Waals surface area contributed by atoms with E-state index in [9.17, 15) is 9.59 Å². The largest absolute Gasteiger partial charge is 0.352 e. The van der Waals surface area contributed by atoms with Crippen molar-refractivity contribution in [3.05, 3.63) is 35.9 Å². The smallest absolute Gasteiger partial charge is 0.220 e. The lowest BCUT2D eigenvalue weighted by atomic mass is 10.1. The van der Waals surface area contributed by atoms with E-state index >= 15 is 0 Å². The highest BCUT2D eigenvalue weighted by atomic mass is 16.2. The van der Waals surface area contributed by atoms with Crippen LogP contribution in [-0.4, -0.2) is 24.3 Å². The Labute approximate surface area is 101 Å². The van der Waals surface area contributed by atoms with Gasteiger partial charge in [-0.1, -0.05) is 30.3 Å². The summed E-state index contributed by atoms with van der Waals surface area (Å²) in [6, 6.07) is 8.93. The van der Waals surface area contributed by atoms with Crippen LogP contribution in [0.25, 0.3) is 0 Å². The summed E-state index contributed by atoms with van der Waals surface area (Å²) in [6.45, 7) is 2.23. The van der Waals surface area contributed by atoms with E-state index in [1.807, 2.05) is 25.1 Å². The lowest BCUT2D eigenvalue weighted by molar-refractivity contribution is -0.121. The zero-order chi connectivity index (χ0) is 12.7. The Morgan fingerprint density at radius 3 is 2.47 bits per heavy atom. The Morgan fingerprint density at radius 1 is 1.24 bits per heavy atom. The molecule has 0 heterocycles. The first kappa shape index (κ1) is 13.4. The van der Waals surface area contributed by atoms with Crippen LogP contribution < -0.4 is 11.1 Å². The van der Waals surface area contributed by atoms with E-state index in [-0.39, 0.29) is 30.6 Å². The van der Waals surface area contributed by atoms with E-state index in [2.05, 4.69) is 5.32 Å². The first-order valence-corrected chi connectivity index (χ1v) is 5.71. The lowest BCUT2D eigenvalue weighted by Crippen LogP contribution is -2.37. The van der Waals surface area contributed by atoms with Gasteiger partial charge in [0.1, 0.15) is 0 Å². The van der Waals surface area contributed by atoms with Crippen LogP contribution in [0.4, 0.5) is 0 Å². The van der Waals surface area contributed by atoms with E-state index < -0.39 is 0 Å². The molecule has 1 amide bonds. The fourth-order valence-electron chi connectivity index (χ4n) is 1.40. The van der Waals surface area contributed by atoms with Crippen LogP contribution in [0.15, 0.2) is 30.3 Å². The van der Waals surface area contributed by atoms with Crippen molar-refractivity contribution in [3.8, 4) is 0 Å². The Kier molecular flexibility index (Phi) is 5.36. The fourth-order valence-corrected chi connectivity index (χ4v) is 1.40. The van der Waals surface area contributed by atoms with Gasteiger partial charge in [0.2, 0.25) is 5.91 Å².